The highest BCUT2D eigenvalue weighted by atomic mass is 35.5. The molecule has 164 valence electrons. The summed E-state index contributed by atoms with van der Waals surface area (Å²) in [4.78, 5) is 25.3. The molecule has 32 heavy (non-hydrogen) atoms. The van der Waals surface area contributed by atoms with Crippen LogP contribution in [0.25, 0.3) is 10.2 Å². The number of carbonyl (C=O) groups excluding carboxylic acids is 1. The van der Waals surface area contributed by atoms with Gasteiger partial charge in [0.2, 0.25) is 5.91 Å². The number of aromatic nitrogens is 2. The molecule has 0 spiro atoms. The molecule has 4 aromatic rings. The van der Waals surface area contributed by atoms with Crippen molar-refractivity contribution in [1.82, 2.24) is 9.97 Å². The number of hydrogen-bond acceptors (Lipinski definition) is 5. The Kier molecular flexibility index (Phi) is 7.68. The number of rotatable bonds is 8. The molecule has 0 N–H and O–H groups in total. The number of amides is 1. The lowest BCUT2D eigenvalue weighted by Gasteiger charge is -2.19. The van der Waals surface area contributed by atoms with Crippen LogP contribution in [0.4, 0.5) is 5.13 Å². The van der Waals surface area contributed by atoms with Crippen molar-refractivity contribution in [3.63, 3.8) is 0 Å². The maximum absolute atomic E-state index is 13.2. The highest BCUT2D eigenvalue weighted by Gasteiger charge is 2.21. The molecule has 0 saturated heterocycles. The normalized spacial score (nSPS) is 11.1. The molecule has 0 aliphatic carbocycles. The fourth-order valence-electron chi connectivity index (χ4n) is 3.20. The molecule has 0 saturated carbocycles. The number of anilines is 1. The van der Waals surface area contributed by atoms with E-state index in [2.05, 4.69) is 4.98 Å². The van der Waals surface area contributed by atoms with Gasteiger partial charge in [0.1, 0.15) is 0 Å². The van der Waals surface area contributed by atoms with E-state index in [1.54, 1.807) is 22.9 Å². The second kappa shape index (κ2) is 10.7. The van der Waals surface area contributed by atoms with Crippen molar-refractivity contribution in [2.75, 3.05) is 10.7 Å². The smallest absolute Gasteiger partial charge is 0.229 e. The number of thioether (sulfide) groups is 1. The first-order valence-electron chi connectivity index (χ1n) is 10.2. The Morgan fingerprint density at radius 3 is 2.66 bits per heavy atom. The molecule has 0 aliphatic heterocycles. The second-order valence-corrected chi connectivity index (χ2v) is 10.2. The number of halogens is 2. The first-order valence-corrected chi connectivity index (χ1v) is 12.7. The maximum Gasteiger partial charge on any atom is 0.229 e. The van der Waals surface area contributed by atoms with Gasteiger partial charge in [-0.2, -0.15) is 0 Å². The summed E-state index contributed by atoms with van der Waals surface area (Å²) >= 11 is 15.4. The Hall–Kier alpha value is -2.12. The zero-order chi connectivity index (χ0) is 22.5. The summed E-state index contributed by atoms with van der Waals surface area (Å²) in [6, 6.07) is 17.3. The summed E-state index contributed by atoms with van der Waals surface area (Å²) in [5.41, 5.74) is 2.59. The molecule has 4 nitrogen and oxygen atoms in total. The van der Waals surface area contributed by atoms with Crippen molar-refractivity contribution >= 4 is 67.6 Å². The molecule has 0 aliphatic rings. The molecular formula is C24H21Cl2N3OS2. The zero-order valence-electron chi connectivity index (χ0n) is 17.4. The number of thiazole rings is 1. The molecule has 2 aromatic carbocycles. The molecule has 0 fully saturated rings. The van der Waals surface area contributed by atoms with Crippen molar-refractivity contribution in [3.8, 4) is 0 Å². The molecule has 2 heterocycles. The third-order valence-corrected chi connectivity index (χ3v) is 7.74. The third kappa shape index (κ3) is 5.62. The monoisotopic (exact) mass is 501 g/mol. The molecule has 1 amide bonds. The lowest BCUT2D eigenvalue weighted by molar-refractivity contribution is -0.118. The predicted molar refractivity (Wildman–Crippen MR) is 136 cm³/mol. The lowest BCUT2D eigenvalue weighted by atomic mass is 10.2. The minimum atomic E-state index is 0.0372. The van der Waals surface area contributed by atoms with Gasteiger partial charge in [-0.05, 0) is 73.2 Å². The van der Waals surface area contributed by atoms with Crippen molar-refractivity contribution in [2.45, 2.75) is 31.2 Å². The van der Waals surface area contributed by atoms with E-state index in [1.165, 1.54) is 11.3 Å². The largest absolute Gasteiger partial charge is 0.282 e. The number of aryl methyl sites for hydroxylation is 1. The topological polar surface area (TPSA) is 46.1 Å². The molecule has 4 rings (SSSR count). The molecule has 2 aromatic heterocycles. The number of carbonyl (C=O) groups is 1. The van der Waals surface area contributed by atoms with Gasteiger partial charge in [-0.3, -0.25) is 14.7 Å². The van der Waals surface area contributed by atoms with E-state index < -0.39 is 0 Å². The van der Waals surface area contributed by atoms with Gasteiger partial charge in [0, 0.05) is 27.6 Å². The zero-order valence-corrected chi connectivity index (χ0v) is 20.6. The van der Waals surface area contributed by atoms with Gasteiger partial charge in [-0.1, -0.05) is 40.6 Å². The summed E-state index contributed by atoms with van der Waals surface area (Å²) in [6.07, 6.45) is 2.94. The van der Waals surface area contributed by atoms with E-state index >= 15 is 0 Å². The number of hydrogen-bond donors (Lipinski definition) is 0. The Morgan fingerprint density at radius 2 is 1.91 bits per heavy atom. The van der Waals surface area contributed by atoms with Gasteiger partial charge in [0.25, 0.3) is 0 Å². The van der Waals surface area contributed by atoms with Crippen LogP contribution >= 0.6 is 46.3 Å². The van der Waals surface area contributed by atoms with Crippen LogP contribution in [0.2, 0.25) is 10.0 Å². The van der Waals surface area contributed by atoms with Gasteiger partial charge in [0.05, 0.1) is 22.5 Å². The van der Waals surface area contributed by atoms with Crippen LogP contribution in [0.1, 0.15) is 24.1 Å². The number of fused-ring (bicyclic) bond motifs is 1. The van der Waals surface area contributed by atoms with Crippen LogP contribution in [0.3, 0.4) is 0 Å². The SMILES string of the molecule is Cc1c(Cl)ccc2sc(N(Cc3ccccn3)C(=O)CCCSc3ccc(Cl)cc3)nc12. The number of nitrogens with zero attached hydrogens (tertiary/aromatic N) is 3. The molecule has 0 atom stereocenters. The van der Waals surface area contributed by atoms with Crippen LogP contribution in [0, 0.1) is 6.92 Å². The minimum Gasteiger partial charge on any atom is -0.282 e. The summed E-state index contributed by atoms with van der Waals surface area (Å²) in [5, 5.41) is 2.07. The summed E-state index contributed by atoms with van der Waals surface area (Å²) < 4.78 is 1.01. The van der Waals surface area contributed by atoms with E-state index in [1.807, 2.05) is 61.5 Å². The molecule has 0 bridgehead atoms. The van der Waals surface area contributed by atoms with Gasteiger partial charge < -0.3 is 0 Å². The maximum atomic E-state index is 13.2. The van der Waals surface area contributed by atoms with Gasteiger partial charge in [-0.15, -0.1) is 11.8 Å². The molecule has 8 heteroatoms. The summed E-state index contributed by atoms with van der Waals surface area (Å²) in [6.45, 7) is 2.34. The summed E-state index contributed by atoms with van der Waals surface area (Å²) in [7, 11) is 0. The van der Waals surface area contributed by atoms with Crippen molar-refractivity contribution in [3.05, 3.63) is 82.1 Å². The first-order chi connectivity index (χ1) is 15.5. The van der Waals surface area contributed by atoms with Gasteiger partial charge in [0.15, 0.2) is 5.13 Å². The number of pyridine rings is 1. The Balaban J connectivity index is 1.49. The van der Waals surface area contributed by atoms with Crippen molar-refractivity contribution < 1.29 is 4.79 Å². The van der Waals surface area contributed by atoms with Crippen molar-refractivity contribution in [1.29, 1.82) is 0 Å². The van der Waals surface area contributed by atoms with Crippen molar-refractivity contribution in [2.24, 2.45) is 0 Å². The summed E-state index contributed by atoms with van der Waals surface area (Å²) in [5.74, 6) is 0.884. The fourth-order valence-corrected chi connectivity index (χ4v) is 5.37. The first kappa shape index (κ1) is 23.1. The molecule has 0 unspecified atom stereocenters. The highest BCUT2D eigenvalue weighted by molar-refractivity contribution is 7.99. The Bertz CT molecular complexity index is 1210. The average Bonchev–Trinajstić information content (AvgIpc) is 3.24. The minimum absolute atomic E-state index is 0.0372. The van der Waals surface area contributed by atoms with Gasteiger partial charge >= 0.3 is 0 Å². The fraction of sp³-hybridized carbons (Fsp3) is 0.208. The Morgan fingerprint density at radius 1 is 1.09 bits per heavy atom. The quantitative estimate of drug-likeness (QED) is 0.186. The third-order valence-electron chi connectivity index (χ3n) is 4.93. The van der Waals surface area contributed by atoms with Crippen LogP contribution in [-0.2, 0) is 11.3 Å². The van der Waals surface area contributed by atoms with E-state index in [9.17, 15) is 4.79 Å². The van der Waals surface area contributed by atoms with E-state index in [-0.39, 0.29) is 5.91 Å². The number of benzene rings is 2. The van der Waals surface area contributed by atoms with E-state index in [0.717, 1.165) is 43.6 Å². The van der Waals surface area contributed by atoms with Crippen LogP contribution in [0.15, 0.2) is 65.7 Å². The second-order valence-electron chi connectivity index (χ2n) is 7.22. The van der Waals surface area contributed by atoms with E-state index in [0.29, 0.717) is 23.1 Å². The van der Waals surface area contributed by atoms with E-state index in [4.69, 9.17) is 28.2 Å². The highest BCUT2D eigenvalue weighted by Crippen LogP contribution is 2.34. The van der Waals surface area contributed by atoms with Crippen LogP contribution < -0.4 is 4.90 Å². The van der Waals surface area contributed by atoms with Gasteiger partial charge in [-0.25, -0.2) is 4.98 Å². The Labute approximate surface area is 205 Å². The standard InChI is InChI=1S/C24H21Cl2N3OS2/c1-16-20(26)11-12-21-23(16)28-24(32-21)29(15-18-5-2-3-13-27-18)22(30)6-4-14-31-19-9-7-17(25)8-10-19/h2-3,5,7-13H,4,6,14-15H2,1H3. The average molecular weight is 502 g/mol. The molecule has 0 radical (unpaired) electrons. The van der Waals surface area contributed by atoms with Crippen LogP contribution in [-0.4, -0.2) is 21.6 Å². The predicted octanol–water partition coefficient (Wildman–Crippen LogP) is 7.41. The molecular weight excluding hydrogens is 481 g/mol. The lowest BCUT2D eigenvalue weighted by Crippen LogP contribution is -2.30. The van der Waals surface area contributed by atoms with Crippen LogP contribution in [0.5, 0.6) is 0 Å².